The van der Waals surface area contributed by atoms with Crippen molar-refractivity contribution >= 4 is 28.7 Å². The Morgan fingerprint density at radius 3 is 2.86 bits per heavy atom. The van der Waals surface area contributed by atoms with E-state index in [4.69, 9.17) is 4.74 Å². The minimum atomic E-state index is -0.581. The Labute approximate surface area is 163 Å². The summed E-state index contributed by atoms with van der Waals surface area (Å²) in [5.41, 5.74) is 4.87. The molecule has 144 valence electrons. The summed E-state index contributed by atoms with van der Waals surface area (Å²) in [6.45, 7) is 2.05. The van der Waals surface area contributed by atoms with E-state index in [1.165, 1.54) is 35.9 Å². The van der Waals surface area contributed by atoms with Crippen LogP contribution in [0, 0.1) is 11.8 Å². The van der Waals surface area contributed by atoms with Gasteiger partial charge in [0, 0.05) is 22.7 Å². The van der Waals surface area contributed by atoms with Crippen LogP contribution >= 0.6 is 11.3 Å². The van der Waals surface area contributed by atoms with Crippen molar-refractivity contribution in [1.29, 1.82) is 0 Å². The van der Waals surface area contributed by atoms with Crippen LogP contribution in [0.2, 0.25) is 0 Å². The van der Waals surface area contributed by atoms with Crippen LogP contribution in [0.3, 0.4) is 0 Å². The van der Waals surface area contributed by atoms with Gasteiger partial charge in [-0.05, 0) is 36.8 Å². The average Bonchev–Trinajstić information content (AvgIpc) is 3.11. The van der Waals surface area contributed by atoms with Crippen molar-refractivity contribution in [3.8, 4) is 11.1 Å². The quantitative estimate of drug-likeness (QED) is 0.279. The molecule has 0 radical (unpaired) electrons. The highest BCUT2D eigenvalue weighted by atomic mass is 32.1. The molecule has 2 heterocycles. The van der Waals surface area contributed by atoms with E-state index >= 15 is 0 Å². The van der Waals surface area contributed by atoms with Gasteiger partial charge in [-0.3, -0.25) is 10.2 Å². The van der Waals surface area contributed by atoms with Crippen molar-refractivity contribution in [3.63, 3.8) is 0 Å². The third-order valence-corrected chi connectivity index (χ3v) is 4.40. The zero-order valence-corrected chi connectivity index (χ0v) is 15.7. The molecule has 0 aliphatic rings. The van der Waals surface area contributed by atoms with E-state index in [2.05, 4.69) is 20.5 Å². The number of rotatable bonds is 7. The SMILES string of the molecule is CCOC(=O)Cc1csc(NN=Cc2cc(-c3ccc(F)nc3)ccc2F)n1. The first-order chi connectivity index (χ1) is 13.5. The summed E-state index contributed by atoms with van der Waals surface area (Å²) in [4.78, 5) is 19.3. The van der Waals surface area contributed by atoms with Crippen molar-refractivity contribution in [3.05, 3.63) is 64.9 Å². The number of esters is 1. The molecule has 0 saturated carbocycles. The molecule has 0 spiro atoms. The predicted molar refractivity (Wildman–Crippen MR) is 103 cm³/mol. The van der Waals surface area contributed by atoms with Crippen molar-refractivity contribution in [2.75, 3.05) is 12.0 Å². The molecule has 0 aliphatic carbocycles. The summed E-state index contributed by atoms with van der Waals surface area (Å²) in [5, 5.41) is 6.18. The molecule has 6 nitrogen and oxygen atoms in total. The van der Waals surface area contributed by atoms with Gasteiger partial charge in [0.1, 0.15) is 5.82 Å². The predicted octanol–water partition coefficient (Wildman–Crippen LogP) is 4.03. The van der Waals surface area contributed by atoms with Gasteiger partial charge in [0.05, 0.1) is 24.9 Å². The summed E-state index contributed by atoms with van der Waals surface area (Å²) < 4.78 is 31.9. The molecular formula is C19H16F2N4O2S. The molecule has 0 aliphatic heterocycles. The fourth-order valence-electron chi connectivity index (χ4n) is 2.33. The maximum atomic E-state index is 14.0. The molecule has 0 fully saturated rings. The summed E-state index contributed by atoms with van der Waals surface area (Å²) in [5.74, 6) is -1.38. The molecule has 2 aromatic heterocycles. The van der Waals surface area contributed by atoms with Crippen molar-refractivity contribution in [2.45, 2.75) is 13.3 Å². The number of nitrogens with one attached hydrogen (secondary N) is 1. The van der Waals surface area contributed by atoms with E-state index in [1.807, 2.05) is 0 Å². The van der Waals surface area contributed by atoms with Crippen LogP contribution in [0.15, 0.2) is 47.0 Å². The lowest BCUT2D eigenvalue weighted by Gasteiger charge is -2.04. The summed E-state index contributed by atoms with van der Waals surface area (Å²) in [6, 6.07) is 7.28. The van der Waals surface area contributed by atoms with Crippen LogP contribution in [0.25, 0.3) is 11.1 Å². The van der Waals surface area contributed by atoms with Gasteiger partial charge in [-0.25, -0.2) is 14.4 Å². The zero-order chi connectivity index (χ0) is 19.9. The van der Waals surface area contributed by atoms with E-state index in [0.717, 1.165) is 0 Å². The van der Waals surface area contributed by atoms with Crippen LogP contribution in [0.4, 0.5) is 13.9 Å². The second-order valence-electron chi connectivity index (χ2n) is 5.60. The Hall–Kier alpha value is -3.20. The van der Waals surface area contributed by atoms with Gasteiger partial charge in [0.2, 0.25) is 11.1 Å². The van der Waals surface area contributed by atoms with Gasteiger partial charge in [-0.2, -0.15) is 9.49 Å². The van der Waals surface area contributed by atoms with Gasteiger partial charge in [-0.15, -0.1) is 11.3 Å². The summed E-state index contributed by atoms with van der Waals surface area (Å²) in [6.07, 6.45) is 2.78. The number of anilines is 1. The fourth-order valence-corrected chi connectivity index (χ4v) is 2.98. The minimum Gasteiger partial charge on any atom is -0.466 e. The number of hydrogen-bond acceptors (Lipinski definition) is 7. The number of pyridine rings is 1. The second kappa shape index (κ2) is 9.14. The Kier molecular flexibility index (Phi) is 6.38. The number of carbonyl (C=O) groups is 1. The monoisotopic (exact) mass is 402 g/mol. The lowest BCUT2D eigenvalue weighted by molar-refractivity contribution is -0.142. The second-order valence-corrected chi connectivity index (χ2v) is 6.46. The molecule has 28 heavy (non-hydrogen) atoms. The Morgan fingerprint density at radius 1 is 1.29 bits per heavy atom. The van der Waals surface area contributed by atoms with Crippen molar-refractivity contribution in [2.24, 2.45) is 5.10 Å². The first kappa shape index (κ1) is 19.6. The van der Waals surface area contributed by atoms with Gasteiger partial charge < -0.3 is 4.74 Å². The number of hydrazone groups is 1. The number of nitrogens with zero attached hydrogens (tertiary/aromatic N) is 3. The highest BCUT2D eigenvalue weighted by molar-refractivity contribution is 7.13. The van der Waals surface area contributed by atoms with E-state index < -0.39 is 11.8 Å². The number of benzene rings is 1. The Morgan fingerprint density at radius 2 is 2.11 bits per heavy atom. The van der Waals surface area contributed by atoms with Gasteiger partial charge in [0.15, 0.2) is 0 Å². The molecule has 0 atom stereocenters. The zero-order valence-electron chi connectivity index (χ0n) is 14.9. The van der Waals surface area contributed by atoms with Crippen LogP contribution in [0.5, 0.6) is 0 Å². The number of aromatic nitrogens is 2. The third-order valence-electron chi connectivity index (χ3n) is 3.60. The van der Waals surface area contributed by atoms with E-state index in [9.17, 15) is 13.6 Å². The van der Waals surface area contributed by atoms with E-state index in [0.29, 0.717) is 28.6 Å². The standard InChI is InChI=1S/C19H16F2N4O2S/c1-2-27-18(26)8-15-11-28-19(24-15)25-23-10-14-7-12(3-5-16(14)20)13-4-6-17(21)22-9-13/h3-7,9-11H,2,8H2,1H3,(H,24,25). The maximum Gasteiger partial charge on any atom is 0.311 e. The molecule has 0 unspecified atom stereocenters. The number of ether oxygens (including phenoxy) is 1. The molecule has 0 bridgehead atoms. The lowest BCUT2D eigenvalue weighted by Crippen LogP contribution is -2.07. The first-order valence-electron chi connectivity index (χ1n) is 8.35. The molecular weight excluding hydrogens is 386 g/mol. The molecule has 1 N–H and O–H groups in total. The van der Waals surface area contributed by atoms with E-state index in [1.54, 1.807) is 30.5 Å². The average molecular weight is 402 g/mol. The largest absolute Gasteiger partial charge is 0.466 e. The Bertz CT molecular complexity index is 990. The normalized spacial score (nSPS) is 11.0. The fraction of sp³-hybridized carbons (Fsp3) is 0.158. The number of hydrogen-bond donors (Lipinski definition) is 1. The van der Waals surface area contributed by atoms with Crippen LogP contribution < -0.4 is 5.43 Å². The highest BCUT2D eigenvalue weighted by Crippen LogP contribution is 2.21. The summed E-state index contributed by atoms with van der Waals surface area (Å²) >= 11 is 1.27. The number of halogens is 2. The molecule has 0 amide bonds. The maximum absolute atomic E-state index is 14.0. The first-order valence-corrected chi connectivity index (χ1v) is 9.23. The van der Waals surface area contributed by atoms with Gasteiger partial charge >= 0.3 is 5.97 Å². The smallest absolute Gasteiger partial charge is 0.311 e. The molecule has 0 saturated heterocycles. The lowest BCUT2D eigenvalue weighted by atomic mass is 10.0. The number of thiazole rings is 1. The van der Waals surface area contributed by atoms with E-state index in [-0.39, 0.29) is 18.0 Å². The molecule has 1 aromatic carbocycles. The topological polar surface area (TPSA) is 76.5 Å². The van der Waals surface area contributed by atoms with Crippen LogP contribution in [-0.4, -0.2) is 28.8 Å². The Balaban J connectivity index is 1.67. The number of carbonyl (C=O) groups excluding carboxylic acids is 1. The molecule has 3 rings (SSSR count). The van der Waals surface area contributed by atoms with Crippen LogP contribution in [0.1, 0.15) is 18.2 Å². The minimum absolute atomic E-state index is 0.0815. The van der Waals surface area contributed by atoms with Crippen molar-refractivity contribution in [1.82, 2.24) is 9.97 Å². The third kappa shape index (κ3) is 5.17. The van der Waals surface area contributed by atoms with Crippen molar-refractivity contribution < 1.29 is 18.3 Å². The molecule has 3 aromatic rings. The highest BCUT2D eigenvalue weighted by Gasteiger charge is 2.08. The van der Waals surface area contributed by atoms with Crippen LogP contribution in [-0.2, 0) is 16.0 Å². The molecule has 9 heteroatoms. The van der Waals surface area contributed by atoms with Gasteiger partial charge in [0.25, 0.3) is 0 Å². The summed E-state index contributed by atoms with van der Waals surface area (Å²) in [7, 11) is 0. The van der Waals surface area contributed by atoms with Gasteiger partial charge in [-0.1, -0.05) is 6.07 Å².